The molecule has 4 heteroatoms. The molecule has 136 valence electrons. The van der Waals surface area contributed by atoms with E-state index >= 15 is 0 Å². The van der Waals surface area contributed by atoms with Gasteiger partial charge in [0.1, 0.15) is 5.75 Å². The Balaban J connectivity index is 1.61. The maximum absolute atomic E-state index is 13.1. The SMILES string of the molecule is CCOc1c(C2CC2)cccc1[C@@H]1CNCC1C(=O)N1CCCCC1. The van der Waals surface area contributed by atoms with E-state index in [1.807, 2.05) is 0 Å². The van der Waals surface area contributed by atoms with Gasteiger partial charge in [0.2, 0.25) is 5.91 Å². The summed E-state index contributed by atoms with van der Waals surface area (Å²) in [5.74, 6) is 2.35. The van der Waals surface area contributed by atoms with E-state index in [0.717, 1.165) is 44.8 Å². The van der Waals surface area contributed by atoms with E-state index in [0.29, 0.717) is 18.4 Å². The molecule has 1 amide bonds. The lowest BCUT2D eigenvalue weighted by Crippen LogP contribution is -2.41. The highest BCUT2D eigenvalue weighted by molar-refractivity contribution is 5.81. The molecule has 4 nitrogen and oxygen atoms in total. The van der Waals surface area contributed by atoms with Gasteiger partial charge < -0.3 is 15.0 Å². The van der Waals surface area contributed by atoms with E-state index in [1.165, 1.54) is 30.4 Å². The van der Waals surface area contributed by atoms with Crippen LogP contribution in [0.15, 0.2) is 18.2 Å². The van der Waals surface area contributed by atoms with Crippen molar-refractivity contribution in [3.05, 3.63) is 29.3 Å². The molecule has 2 saturated heterocycles. The summed E-state index contributed by atoms with van der Waals surface area (Å²) in [4.78, 5) is 15.2. The largest absolute Gasteiger partial charge is 0.493 e. The second-order valence-electron chi connectivity index (χ2n) is 7.73. The van der Waals surface area contributed by atoms with Gasteiger partial charge in [-0.3, -0.25) is 4.79 Å². The van der Waals surface area contributed by atoms with Crippen LogP contribution in [-0.4, -0.2) is 43.6 Å². The number of amides is 1. The number of nitrogens with one attached hydrogen (secondary N) is 1. The zero-order chi connectivity index (χ0) is 17.2. The summed E-state index contributed by atoms with van der Waals surface area (Å²) in [6.07, 6.45) is 6.09. The number of nitrogens with zero attached hydrogens (tertiary/aromatic N) is 1. The molecule has 4 rings (SSSR count). The average molecular weight is 342 g/mol. The minimum absolute atomic E-state index is 0.0479. The number of carbonyl (C=O) groups is 1. The minimum atomic E-state index is 0.0479. The average Bonchev–Trinajstić information content (AvgIpc) is 3.39. The van der Waals surface area contributed by atoms with Crippen molar-refractivity contribution in [3.8, 4) is 5.75 Å². The summed E-state index contributed by atoms with van der Waals surface area (Å²) in [6.45, 7) is 6.26. The second-order valence-corrected chi connectivity index (χ2v) is 7.73. The van der Waals surface area contributed by atoms with Crippen molar-refractivity contribution in [2.24, 2.45) is 5.92 Å². The first-order valence-electron chi connectivity index (χ1n) is 10.0. The van der Waals surface area contributed by atoms with Gasteiger partial charge in [-0.2, -0.15) is 0 Å². The minimum Gasteiger partial charge on any atom is -0.493 e. The van der Waals surface area contributed by atoms with E-state index in [-0.39, 0.29) is 11.8 Å². The van der Waals surface area contributed by atoms with Gasteiger partial charge in [0.25, 0.3) is 0 Å². The highest BCUT2D eigenvalue weighted by Gasteiger charge is 2.39. The Morgan fingerprint density at radius 2 is 1.92 bits per heavy atom. The van der Waals surface area contributed by atoms with Crippen molar-refractivity contribution in [3.63, 3.8) is 0 Å². The lowest BCUT2D eigenvalue weighted by atomic mass is 9.85. The van der Waals surface area contributed by atoms with Crippen LogP contribution in [0.1, 0.15) is 62.0 Å². The fourth-order valence-corrected chi connectivity index (χ4v) is 4.51. The predicted molar refractivity (Wildman–Crippen MR) is 99.1 cm³/mol. The topological polar surface area (TPSA) is 41.6 Å². The molecule has 1 aromatic rings. The van der Waals surface area contributed by atoms with Crippen molar-refractivity contribution in [1.82, 2.24) is 10.2 Å². The molecule has 1 N–H and O–H groups in total. The molecule has 2 heterocycles. The molecule has 0 bridgehead atoms. The molecule has 0 aromatic heterocycles. The lowest BCUT2D eigenvalue weighted by molar-refractivity contribution is -0.136. The van der Waals surface area contributed by atoms with Crippen molar-refractivity contribution in [2.75, 3.05) is 32.8 Å². The van der Waals surface area contributed by atoms with Crippen LogP contribution >= 0.6 is 0 Å². The van der Waals surface area contributed by atoms with Crippen molar-refractivity contribution >= 4 is 5.91 Å². The quantitative estimate of drug-likeness (QED) is 0.893. The smallest absolute Gasteiger partial charge is 0.227 e. The molecule has 1 saturated carbocycles. The number of hydrogen-bond donors (Lipinski definition) is 1. The number of carbonyl (C=O) groups excluding carboxylic acids is 1. The molecule has 3 fully saturated rings. The summed E-state index contributed by atoms with van der Waals surface area (Å²) in [6, 6.07) is 6.56. The van der Waals surface area contributed by atoms with Gasteiger partial charge in [-0.05, 0) is 56.1 Å². The molecule has 2 aliphatic heterocycles. The zero-order valence-electron chi connectivity index (χ0n) is 15.3. The van der Waals surface area contributed by atoms with Crippen LogP contribution in [0, 0.1) is 5.92 Å². The first-order valence-corrected chi connectivity index (χ1v) is 10.0. The maximum Gasteiger partial charge on any atom is 0.227 e. The van der Waals surface area contributed by atoms with Gasteiger partial charge in [0.05, 0.1) is 12.5 Å². The van der Waals surface area contributed by atoms with Crippen LogP contribution < -0.4 is 10.1 Å². The van der Waals surface area contributed by atoms with E-state index in [9.17, 15) is 4.79 Å². The Morgan fingerprint density at radius 3 is 2.64 bits per heavy atom. The molecule has 2 atom stereocenters. The Kier molecular flexibility index (Phi) is 4.98. The fourth-order valence-electron chi connectivity index (χ4n) is 4.51. The molecule has 1 aliphatic carbocycles. The molecule has 3 aliphatic rings. The first-order chi connectivity index (χ1) is 12.3. The van der Waals surface area contributed by atoms with Gasteiger partial charge in [-0.25, -0.2) is 0 Å². The van der Waals surface area contributed by atoms with Crippen LogP contribution in [0.2, 0.25) is 0 Å². The first kappa shape index (κ1) is 16.9. The number of piperidine rings is 1. The van der Waals surface area contributed by atoms with Crippen molar-refractivity contribution < 1.29 is 9.53 Å². The van der Waals surface area contributed by atoms with Gasteiger partial charge in [-0.1, -0.05) is 18.2 Å². The number of rotatable bonds is 5. The number of likely N-dealkylation sites (tertiary alicyclic amines) is 1. The monoisotopic (exact) mass is 342 g/mol. The van der Waals surface area contributed by atoms with Gasteiger partial charge in [-0.15, -0.1) is 0 Å². The normalized spacial score (nSPS) is 26.7. The molecule has 1 aromatic carbocycles. The van der Waals surface area contributed by atoms with Crippen molar-refractivity contribution in [1.29, 1.82) is 0 Å². The van der Waals surface area contributed by atoms with E-state index in [4.69, 9.17) is 4.74 Å². The third-order valence-electron chi connectivity index (χ3n) is 5.98. The standard InChI is InChI=1S/C21H30N2O2/c1-2-25-20-16(15-9-10-15)7-6-8-17(20)18-13-22-14-19(18)21(24)23-11-4-3-5-12-23/h6-8,15,18-19,22H,2-5,9-14H2,1H3/t18-,19?/m0/s1. The van der Waals surface area contributed by atoms with Crippen LogP contribution in [0.3, 0.4) is 0 Å². The molecular formula is C21H30N2O2. The Hall–Kier alpha value is -1.55. The second kappa shape index (κ2) is 7.36. The summed E-state index contributed by atoms with van der Waals surface area (Å²) >= 11 is 0. The van der Waals surface area contributed by atoms with Gasteiger partial charge >= 0.3 is 0 Å². The highest BCUT2D eigenvalue weighted by atomic mass is 16.5. The molecule has 0 spiro atoms. The number of ether oxygens (including phenoxy) is 1. The molecule has 25 heavy (non-hydrogen) atoms. The van der Waals surface area contributed by atoms with Crippen LogP contribution in [0.25, 0.3) is 0 Å². The van der Waals surface area contributed by atoms with E-state index < -0.39 is 0 Å². The molecule has 0 radical (unpaired) electrons. The summed E-state index contributed by atoms with van der Waals surface area (Å²) in [5.41, 5.74) is 2.60. The Morgan fingerprint density at radius 1 is 1.16 bits per heavy atom. The van der Waals surface area contributed by atoms with Crippen LogP contribution in [0.4, 0.5) is 0 Å². The third kappa shape index (κ3) is 3.41. The Labute approximate surface area is 150 Å². The van der Waals surface area contributed by atoms with Crippen LogP contribution in [0.5, 0.6) is 5.75 Å². The number of hydrogen-bond acceptors (Lipinski definition) is 3. The van der Waals surface area contributed by atoms with E-state index in [2.05, 4.69) is 35.3 Å². The highest BCUT2D eigenvalue weighted by Crippen LogP contribution is 2.47. The Bertz CT molecular complexity index is 620. The maximum atomic E-state index is 13.1. The number of benzene rings is 1. The molecule has 1 unspecified atom stereocenters. The lowest BCUT2D eigenvalue weighted by Gasteiger charge is -2.31. The van der Waals surface area contributed by atoms with Crippen molar-refractivity contribution in [2.45, 2.75) is 50.9 Å². The molecular weight excluding hydrogens is 312 g/mol. The number of para-hydroxylation sites is 1. The summed E-state index contributed by atoms with van der Waals surface area (Å²) in [5, 5.41) is 3.47. The summed E-state index contributed by atoms with van der Waals surface area (Å²) < 4.78 is 6.10. The van der Waals surface area contributed by atoms with Crippen LogP contribution in [-0.2, 0) is 4.79 Å². The fraction of sp³-hybridized carbons (Fsp3) is 0.667. The van der Waals surface area contributed by atoms with E-state index in [1.54, 1.807) is 0 Å². The van der Waals surface area contributed by atoms with Gasteiger partial charge in [0, 0.05) is 32.1 Å². The van der Waals surface area contributed by atoms with Gasteiger partial charge in [0.15, 0.2) is 0 Å². The summed E-state index contributed by atoms with van der Waals surface area (Å²) in [7, 11) is 0. The third-order valence-corrected chi connectivity index (χ3v) is 5.98. The zero-order valence-corrected chi connectivity index (χ0v) is 15.3. The predicted octanol–water partition coefficient (Wildman–Crippen LogP) is 3.28.